The van der Waals surface area contributed by atoms with Crippen molar-refractivity contribution in [2.75, 3.05) is 6.54 Å². The number of benzene rings is 2. The van der Waals surface area contributed by atoms with Crippen LogP contribution in [0.25, 0.3) is 22.2 Å². The number of carboxylic acids is 1. The molecule has 1 aromatic heterocycles. The Morgan fingerprint density at radius 2 is 1.81 bits per heavy atom. The molecule has 7 nitrogen and oxygen atoms in total. The molecule has 4 rings (SSSR count). The number of carboxylic acid groups (broad SMARTS) is 1. The van der Waals surface area contributed by atoms with Crippen LogP contribution in [-0.2, 0) is 17.9 Å². The molecule has 0 radical (unpaired) electrons. The number of aromatic nitrogens is 1. The molecule has 192 valence electrons. The van der Waals surface area contributed by atoms with Gasteiger partial charge in [0, 0.05) is 29.6 Å². The standard InChI is InChI=1S/C29H36N2O5/c1-29(2,3)36-28(35)30-15-16-31-24-17-20(27(33)34)13-14-23(24)25(19-9-5-4-6-10-19)26(31)22-12-8-7-11-21(22)18-32/h7-8,11-14,17,19,32H,4-6,9-10,15-16,18H2,1-3H3,(H,30,35)(H,33,34). The van der Waals surface area contributed by atoms with Crippen LogP contribution >= 0.6 is 0 Å². The van der Waals surface area contributed by atoms with Crippen LogP contribution in [0.3, 0.4) is 0 Å². The van der Waals surface area contributed by atoms with E-state index in [4.69, 9.17) is 4.74 Å². The zero-order valence-corrected chi connectivity index (χ0v) is 21.3. The highest BCUT2D eigenvalue weighted by Gasteiger charge is 2.28. The van der Waals surface area contributed by atoms with Gasteiger partial charge in [-0.15, -0.1) is 0 Å². The Bertz CT molecular complexity index is 1250. The normalized spacial score (nSPS) is 14.7. The number of aromatic carboxylic acids is 1. The van der Waals surface area contributed by atoms with Crippen molar-refractivity contribution in [2.45, 2.75) is 77.5 Å². The summed E-state index contributed by atoms with van der Waals surface area (Å²) in [4.78, 5) is 24.2. The minimum absolute atomic E-state index is 0.0989. The average Bonchev–Trinajstić information content (AvgIpc) is 3.16. The predicted octanol–water partition coefficient (Wildman–Crippen LogP) is 6.07. The largest absolute Gasteiger partial charge is 0.478 e. The minimum Gasteiger partial charge on any atom is -0.478 e. The summed E-state index contributed by atoms with van der Waals surface area (Å²) in [5.74, 6) is -0.633. The SMILES string of the molecule is CC(C)(C)OC(=O)NCCn1c(-c2ccccc2CO)c(C2CCCCC2)c2ccc(C(=O)O)cc21. The van der Waals surface area contributed by atoms with Crippen LogP contribution < -0.4 is 5.32 Å². The van der Waals surface area contributed by atoms with Gasteiger partial charge in [0.15, 0.2) is 0 Å². The van der Waals surface area contributed by atoms with Gasteiger partial charge >= 0.3 is 12.1 Å². The fourth-order valence-corrected chi connectivity index (χ4v) is 5.31. The Balaban J connectivity index is 1.87. The first kappa shape index (κ1) is 25.8. The molecule has 3 aromatic rings. The van der Waals surface area contributed by atoms with Gasteiger partial charge in [0.05, 0.1) is 17.9 Å². The molecule has 1 heterocycles. The minimum atomic E-state index is -0.979. The van der Waals surface area contributed by atoms with Crippen molar-refractivity contribution < 1.29 is 24.5 Å². The lowest BCUT2D eigenvalue weighted by molar-refractivity contribution is 0.0525. The molecule has 1 aliphatic carbocycles. The molecule has 1 aliphatic rings. The molecule has 7 heteroatoms. The first-order valence-electron chi connectivity index (χ1n) is 12.7. The van der Waals surface area contributed by atoms with Crippen molar-refractivity contribution in [1.29, 1.82) is 0 Å². The van der Waals surface area contributed by atoms with Gasteiger partial charge in [-0.2, -0.15) is 0 Å². The molecule has 0 bridgehead atoms. The third-order valence-electron chi connectivity index (χ3n) is 6.81. The second-order valence-electron chi connectivity index (χ2n) is 10.5. The summed E-state index contributed by atoms with van der Waals surface area (Å²) in [5.41, 5.74) is 4.40. The summed E-state index contributed by atoms with van der Waals surface area (Å²) >= 11 is 0. The predicted molar refractivity (Wildman–Crippen MR) is 140 cm³/mol. The van der Waals surface area contributed by atoms with Gasteiger partial charge in [-0.1, -0.05) is 49.6 Å². The number of rotatable bonds is 7. The monoisotopic (exact) mass is 492 g/mol. The van der Waals surface area contributed by atoms with E-state index in [9.17, 15) is 19.8 Å². The summed E-state index contributed by atoms with van der Waals surface area (Å²) in [6.45, 7) is 6.10. The number of aliphatic hydroxyl groups excluding tert-OH is 1. The van der Waals surface area contributed by atoms with E-state index in [0.717, 1.165) is 53.4 Å². The molecular weight excluding hydrogens is 456 g/mol. The van der Waals surface area contributed by atoms with Crippen molar-refractivity contribution in [2.24, 2.45) is 0 Å². The van der Waals surface area contributed by atoms with E-state index in [1.165, 1.54) is 12.0 Å². The summed E-state index contributed by atoms with van der Waals surface area (Å²) < 4.78 is 7.50. The molecule has 3 N–H and O–H groups in total. The lowest BCUT2D eigenvalue weighted by atomic mass is 9.81. The van der Waals surface area contributed by atoms with Crippen molar-refractivity contribution in [3.63, 3.8) is 0 Å². The number of aliphatic hydroxyl groups is 1. The van der Waals surface area contributed by atoms with Crippen molar-refractivity contribution in [1.82, 2.24) is 9.88 Å². The number of amides is 1. The highest BCUT2D eigenvalue weighted by molar-refractivity contribution is 5.98. The third kappa shape index (κ3) is 5.57. The van der Waals surface area contributed by atoms with Crippen LogP contribution in [-0.4, -0.2) is 39.0 Å². The molecule has 0 aliphatic heterocycles. The zero-order valence-electron chi connectivity index (χ0n) is 21.3. The molecule has 1 amide bonds. The molecule has 1 saturated carbocycles. The number of ether oxygens (including phenoxy) is 1. The van der Waals surface area contributed by atoms with Gasteiger partial charge in [-0.3, -0.25) is 0 Å². The van der Waals surface area contributed by atoms with E-state index < -0.39 is 17.7 Å². The molecule has 36 heavy (non-hydrogen) atoms. The number of carbonyl (C=O) groups is 2. The summed E-state index contributed by atoms with van der Waals surface area (Å²) in [6.07, 6.45) is 5.20. The number of carbonyl (C=O) groups excluding carboxylic acids is 1. The van der Waals surface area contributed by atoms with Gasteiger partial charge in [-0.05, 0) is 62.8 Å². The number of alkyl carbamates (subject to hydrolysis) is 1. The Morgan fingerprint density at radius 1 is 1.08 bits per heavy atom. The van der Waals surface area contributed by atoms with E-state index in [-0.39, 0.29) is 12.2 Å². The van der Waals surface area contributed by atoms with Crippen LogP contribution in [0.15, 0.2) is 42.5 Å². The second kappa shape index (κ2) is 10.7. The van der Waals surface area contributed by atoms with Crippen molar-refractivity contribution in [3.8, 4) is 11.3 Å². The summed E-state index contributed by atoms with van der Waals surface area (Å²) in [7, 11) is 0. The molecule has 0 saturated heterocycles. The maximum Gasteiger partial charge on any atom is 0.407 e. The quantitative estimate of drug-likeness (QED) is 0.372. The maximum atomic E-state index is 12.3. The van der Waals surface area contributed by atoms with Crippen LogP contribution in [0, 0.1) is 0 Å². The first-order chi connectivity index (χ1) is 17.2. The number of fused-ring (bicyclic) bond motifs is 1. The Hall–Kier alpha value is -3.32. The summed E-state index contributed by atoms with van der Waals surface area (Å²) in [5, 5.41) is 23.7. The first-order valence-corrected chi connectivity index (χ1v) is 12.7. The van der Waals surface area contributed by atoms with Gasteiger partial charge in [0.2, 0.25) is 0 Å². The van der Waals surface area contributed by atoms with E-state index in [0.29, 0.717) is 19.0 Å². The summed E-state index contributed by atoms with van der Waals surface area (Å²) in [6, 6.07) is 13.1. The van der Waals surface area contributed by atoms with E-state index >= 15 is 0 Å². The Kier molecular flexibility index (Phi) is 7.69. The fraction of sp³-hybridized carbons (Fsp3) is 0.448. The van der Waals surface area contributed by atoms with E-state index in [2.05, 4.69) is 9.88 Å². The molecular formula is C29H36N2O5. The van der Waals surface area contributed by atoms with Crippen molar-refractivity contribution >= 4 is 23.0 Å². The lowest BCUT2D eigenvalue weighted by Gasteiger charge is -2.24. The van der Waals surface area contributed by atoms with Crippen LogP contribution in [0.2, 0.25) is 0 Å². The smallest absolute Gasteiger partial charge is 0.407 e. The highest BCUT2D eigenvalue weighted by Crippen LogP contribution is 2.45. The third-order valence-corrected chi connectivity index (χ3v) is 6.81. The van der Waals surface area contributed by atoms with Crippen molar-refractivity contribution in [3.05, 3.63) is 59.2 Å². The second-order valence-corrected chi connectivity index (χ2v) is 10.5. The van der Waals surface area contributed by atoms with Gasteiger partial charge in [0.25, 0.3) is 0 Å². The van der Waals surface area contributed by atoms with Gasteiger partial charge in [0.1, 0.15) is 5.60 Å². The molecule has 0 atom stereocenters. The topological polar surface area (TPSA) is 101 Å². The van der Waals surface area contributed by atoms with Crippen LogP contribution in [0.5, 0.6) is 0 Å². The fourth-order valence-electron chi connectivity index (χ4n) is 5.31. The number of nitrogens with one attached hydrogen (secondary N) is 1. The Morgan fingerprint density at radius 3 is 2.47 bits per heavy atom. The number of hydrogen-bond donors (Lipinski definition) is 3. The highest BCUT2D eigenvalue weighted by atomic mass is 16.6. The zero-order chi connectivity index (χ0) is 25.9. The van der Waals surface area contributed by atoms with Crippen LogP contribution in [0.4, 0.5) is 4.79 Å². The number of hydrogen-bond acceptors (Lipinski definition) is 4. The van der Waals surface area contributed by atoms with Gasteiger partial charge < -0.3 is 24.8 Å². The number of nitrogens with zero attached hydrogens (tertiary/aromatic N) is 1. The molecule has 0 unspecified atom stereocenters. The lowest BCUT2D eigenvalue weighted by Crippen LogP contribution is -2.34. The van der Waals surface area contributed by atoms with E-state index in [1.807, 2.05) is 51.1 Å². The Labute approximate surface area is 212 Å². The van der Waals surface area contributed by atoms with Gasteiger partial charge in [-0.25, -0.2) is 9.59 Å². The molecule has 1 fully saturated rings. The van der Waals surface area contributed by atoms with E-state index in [1.54, 1.807) is 12.1 Å². The van der Waals surface area contributed by atoms with Crippen LogP contribution in [0.1, 0.15) is 80.3 Å². The molecule has 0 spiro atoms. The average molecular weight is 493 g/mol. The maximum absolute atomic E-state index is 12.3. The molecule has 2 aromatic carbocycles.